The number of aryl methyl sites for hydroxylation is 2. The molecule has 1 aromatic carbocycles. The van der Waals surface area contributed by atoms with Crippen LogP contribution in [0.3, 0.4) is 0 Å². The first-order valence-corrected chi connectivity index (χ1v) is 8.01. The van der Waals surface area contributed by atoms with Crippen molar-refractivity contribution in [3.8, 4) is 0 Å². The van der Waals surface area contributed by atoms with Gasteiger partial charge in [0, 0.05) is 11.8 Å². The first kappa shape index (κ1) is 13.2. The number of carbonyl (C=O) groups excluding carboxylic acids is 1. The van der Waals surface area contributed by atoms with Gasteiger partial charge < -0.3 is 5.32 Å². The normalized spacial score (nSPS) is 10.8. The zero-order valence-electron chi connectivity index (χ0n) is 10.9. The summed E-state index contributed by atoms with van der Waals surface area (Å²) in [5.41, 5.74) is 4.87. The van der Waals surface area contributed by atoms with Gasteiger partial charge >= 0.3 is 0 Å². The monoisotopic (exact) mass is 303 g/mol. The number of thiazole rings is 2. The fraction of sp³-hybridized carbons (Fsp3) is 0.214. The van der Waals surface area contributed by atoms with Crippen molar-refractivity contribution in [3.63, 3.8) is 0 Å². The maximum atomic E-state index is 11.9. The van der Waals surface area contributed by atoms with Crippen LogP contribution in [-0.4, -0.2) is 15.9 Å². The van der Waals surface area contributed by atoms with E-state index in [2.05, 4.69) is 21.4 Å². The number of nitrogens with zero attached hydrogens (tertiary/aromatic N) is 2. The van der Waals surface area contributed by atoms with Crippen molar-refractivity contribution in [2.45, 2.75) is 19.8 Å². The molecule has 1 amide bonds. The molecule has 0 saturated carbocycles. The lowest BCUT2D eigenvalue weighted by Crippen LogP contribution is -2.12. The molecule has 0 saturated heterocycles. The Hall–Kier alpha value is -1.79. The quantitative estimate of drug-likeness (QED) is 0.800. The Morgan fingerprint density at radius 1 is 1.40 bits per heavy atom. The third-order valence-corrected chi connectivity index (χ3v) is 4.45. The lowest BCUT2D eigenvalue weighted by atomic mass is 10.2. The minimum atomic E-state index is -0.0196. The van der Waals surface area contributed by atoms with Gasteiger partial charge in [-0.05, 0) is 31.0 Å². The van der Waals surface area contributed by atoms with Gasteiger partial charge in [-0.1, -0.05) is 17.4 Å². The molecule has 2 aromatic heterocycles. The van der Waals surface area contributed by atoms with Crippen LogP contribution in [0.1, 0.15) is 17.7 Å². The average molecular weight is 303 g/mol. The molecule has 3 aromatic rings. The summed E-state index contributed by atoms with van der Waals surface area (Å²) in [4.78, 5) is 20.5. The Morgan fingerprint density at radius 2 is 2.30 bits per heavy atom. The molecule has 102 valence electrons. The molecule has 0 unspecified atom stereocenters. The predicted octanol–water partition coefficient (Wildman–Crippen LogP) is 3.63. The highest BCUT2D eigenvalue weighted by atomic mass is 32.1. The van der Waals surface area contributed by atoms with Gasteiger partial charge in [0.2, 0.25) is 5.91 Å². The summed E-state index contributed by atoms with van der Waals surface area (Å²) in [6.07, 6.45) is 1.10. The highest BCUT2D eigenvalue weighted by Gasteiger charge is 2.08. The molecule has 0 aliphatic rings. The zero-order valence-corrected chi connectivity index (χ0v) is 12.6. The summed E-state index contributed by atoms with van der Waals surface area (Å²) >= 11 is 3.05. The van der Waals surface area contributed by atoms with E-state index in [4.69, 9.17) is 0 Å². The van der Waals surface area contributed by atoms with Crippen molar-refractivity contribution in [1.29, 1.82) is 0 Å². The van der Waals surface area contributed by atoms with Crippen LogP contribution in [0.5, 0.6) is 0 Å². The van der Waals surface area contributed by atoms with E-state index in [0.717, 1.165) is 15.9 Å². The maximum Gasteiger partial charge on any atom is 0.226 e. The second-order valence-corrected chi connectivity index (χ2v) is 6.27. The number of nitrogens with one attached hydrogen (secondary N) is 1. The summed E-state index contributed by atoms with van der Waals surface area (Å²) in [5.74, 6) is -0.0196. The van der Waals surface area contributed by atoms with Crippen molar-refractivity contribution in [3.05, 3.63) is 40.3 Å². The molecule has 0 bridgehead atoms. The van der Waals surface area contributed by atoms with Gasteiger partial charge in [0.1, 0.15) is 0 Å². The second-order valence-electron chi connectivity index (χ2n) is 4.52. The number of benzene rings is 1. The van der Waals surface area contributed by atoms with Crippen LogP contribution in [0, 0.1) is 6.92 Å². The Labute approximate surface area is 124 Å². The van der Waals surface area contributed by atoms with Gasteiger partial charge in [0.15, 0.2) is 5.13 Å². The third kappa shape index (κ3) is 3.02. The summed E-state index contributed by atoms with van der Waals surface area (Å²) < 4.78 is 1.10. The van der Waals surface area contributed by atoms with Crippen molar-refractivity contribution >= 4 is 43.9 Å². The number of hydrogen-bond acceptors (Lipinski definition) is 5. The summed E-state index contributed by atoms with van der Waals surface area (Å²) in [5, 5.41) is 5.48. The summed E-state index contributed by atoms with van der Waals surface area (Å²) in [6.45, 7) is 2.05. The number of hydrogen-bond donors (Lipinski definition) is 1. The average Bonchev–Trinajstić information content (AvgIpc) is 3.04. The number of amides is 1. The fourth-order valence-corrected chi connectivity index (χ4v) is 3.44. The highest BCUT2D eigenvalue weighted by molar-refractivity contribution is 7.22. The van der Waals surface area contributed by atoms with Crippen molar-refractivity contribution < 1.29 is 4.79 Å². The number of fused-ring (bicyclic) bond motifs is 1. The van der Waals surface area contributed by atoms with Gasteiger partial charge in [0.25, 0.3) is 0 Å². The summed E-state index contributed by atoms with van der Waals surface area (Å²) in [6, 6.07) is 6.08. The van der Waals surface area contributed by atoms with E-state index >= 15 is 0 Å². The van der Waals surface area contributed by atoms with Crippen LogP contribution in [0.2, 0.25) is 0 Å². The number of carbonyl (C=O) groups is 1. The maximum absolute atomic E-state index is 11.9. The Morgan fingerprint density at radius 3 is 3.10 bits per heavy atom. The molecular formula is C14H13N3OS2. The largest absolute Gasteiger partial charge is 0.302 e. The van der Waals surface area contributed by atoms with Crippen LogP contribution < -0.4 is 5.32 Å². The van der Waals surface area contributed by atoms with Crippen LogP contribution >= 0.6 is 22.7 Å². The van der Waals surface area contributed by atoms with Gasteiger partial charge in [-0.2, -0.15) is 0 Å². The molecule has 0 aliphatic heterocycles. The van der Waals surface area contributed by atoms with Crippen LogP contribution in [0.4, 0.5) is 5.13 Å². The molecule has 1 N–H and O–H groups in total. The number of aromatic nitrogens is 2. The molecule has 0 spiro atoms. The lowest BCUT2D eigenvalue weighted by Gasteiger charge is -1.99. The minimum absolute atomic E-state index is 0.0196. The minimum Gasteiger partial charge on any atom is -0.302 e. The molecule has 3 rings (SSSR count). The van der Waals surface area contributed by atoms with E-state index in [9.17, 15) is 4.79 Å². The van der Waals surface area contributed by atoms with Crippen molar-refractivity contribution in [1.82, 2.24) is 9.97 Å². The topological polar surface area (TPSA) is 54.9 Å². The van der Waals surface area contributed by atoms with Gasteiger partial charge in [-0.25, -0.2) is 9.97 Å². The lowest BCUT2D eigenvalue weighted by molar-refractivity contribution is -0.116. The molecular weight excluding hydrogens is 290 g/mol. The first-order valence-electron chi connectivity index (χ1n) is 6.25. The van der Waals surface area contributed by atoms with E-state index in [1.165, 1.54) is 16.9 Å². The van der Waals surface area contributed by atoms with Gasteiger partial charge in [-0.15, -0.1) is 11.3 Å². The second kappa shape index (κ2) is 5.68. The predicted molar refractivity (Wildman–Crippen MR) is 83.4 cm³/mol. The molecule has 20 heavy (non-hydrogen) atoms. The first-order chi connectivity index (χ1) is 9.70. The molecule has 0 radical (unpaired) electrons. The van der Waals surface area contributed by atoms with Crippen molar-refractivity contribution in [2.75, 3.05) is 5.32 Å². The number of anilines is 1. The molecule has 0 aliphatic carbocycles. The van der Waals surface area contributed by atoms with Crippen molar-refractivity contribution in [2.24, 2.45) is 0 Å². The van der Waals surface area contributed by atoms with Crippen LogP contribution in [0.25, 0.3) is 10.2 Å². The zero-order chi connectivity index (χ0) is 13.9. The van der Waals surface area contributed by atoms with Crippen LogP contribution in [0.15, 0.2) is 29.1 Å². The van der Waals surface area contributed by atoms with E-state index in [1.807, 2.05) is 24.4 Å². The molecule has 4 nitrogen and oxygen atoms in total. The molecule has 2 heterocycles. The molecule has 6 heteroatoms. The summed E-state index contributed by atoms with van der Waals surface area (Å²) in [7, 11) is 0. The third-order valence-electron chi connectivity index (χ3n) is 2.88. The van der Waals surface area contributed by atoms with E-state index in [1.54, 1.807) is 16.8 Å². The molecule has 0 atom stereocenters. The van der Waals surface area contributed by atoms with E-state index < -0.39 is 0 Å². The smallest absolute Gasteiger partial charge is 0.226 e. The highest BCUT2D eigenvalue weighted by Crippen LogP contribution is 2.26. The number of rotatable bonds is 4. The standard InChI is InChI=1S/C14H13N3OS2/c1-9-2-4-11-12(6-9)20-14(16-11)17-13(18)5-3-10-7-19-8-15-10/h2,4,6-8H,3,5H2,1H3,(H,16,17,18). The Bertz CT molecular complexity index is 734. The van der Waals surface area contributed by atoms with Gasteiger partial charge in [-0.3, -0.25) is 4.79 Å². The van der Waals surface area contributed by atoms with Gasteiger partial charge in [0.05, 0.1) is 21.4 Å². The van der Waals surface area contributed by atoms with E-state index in [0.29, 0.717) is 18.0 Å². The van der Waals surface area contributed by atoms with E-state index in [-0.39, 0.29) is 5.91 Å². The Kier molecular flexibility index (Phi) is 3.75. The SMILES string of the molecule is Cc1ccc2nc(NC(=O)CCc3cscn3)sc2c1. The Balaban J connectivity index is 1.65. The molecule has 0 fully saturated rings. The fourth-order valence-electron chi connectivity index (χ4n) is 1.87. The van der Waals surface area contributed by atoms with Crippen LogP contribution in [-0.2, 0) is 11.2 Å².